The summed E-state index contributed by atoms with van der Waals surface area (Å²) < 4.78 is 1.55. The molecule has 5 heteroatoms. The van der Waals surface area contributed by atoms with Gasteiger partial charge < -0.3 is 9.47 Å². The predicted octanol–water partition coefficient (Wildman–Crippen LogP) is 3.33. The van der Waals surface area contributed by atoms with Crippen molar-refractivity contribution in [2.75, 3.05) is 0 Å². The van der Waals surface area contributed by atoms with Crippen LogP contribution in [0.15, 0.2) is 53.5 Å². The molecule has 0 radical (unpaired) electrons. The first-order chi connectivity index (χ1) is 11.0. The van der Waals surface area contributed by atoms with Gasteiger partial charge in [0.25, 0.3) is 5.56 Å². The van der Waals surface area contributed by atoms with Gasteiger partial charge in [0.15, 0.2) is 0 Å². The molecule has 1 amide bonds. The first-order valence-corrected chi connectivity index (χ1v) is 8.04. The number of aryl methyl sites for hydroxylation is 1. The third-order valence-corrected chi connectivity index (χ3v) is 3.89. The Kier molecular flexibility index (Phi) is 5.99. The van der Waals surface area contributed by atoms with Crippen molar-refractivity contribution in [1.29, 1.82) is 0 Å². The molecule has 0 saturated heterocycles. The number of halogens is 1. The Morgan fingerprint density at radius 1 is 1.22 bits per heavy atom. The van der Waals surface area contributed by atoms with Gasteiger partial charge >= 0.3 is 0 Å². The maximum atomic E-state index is 12.5. The first kappa shape index (κ1) is 17.3. The zero-order chi connectivity index (χ0) is 16.8. The fourth-order valence-corrected chi connectivity index (χ4v) is 2.61. The Hall–Kier alpha value is -2.07. The van der Waals surface area contributed by atoms with Crippen LogP contribution in [0.3, 0.4) is 0 Å². The lowest BCUT2D eigenvalue weighted by molar-refractivity contribution is -0.133. The van der Waals surface area contributed by atoms with E-state index in [0.717, 1.165) is 5.56 Å². The molecule has 1 aromatic carbocycles. The highest BCUT2D eigenvalue weighted by Gasteiger charge is 2.17. The monoisotopic (exact) mass is 332 g/mol. The van der Waals surface area contributed by atoms with E-state index < -0.39 is 0 Å². The maximum Gasteiger partial charge on any atom is 0.250 e. The second kappa shape index (κ2) is 7.97. The van der Waals surface area contributed by atoms with Gasteiger partial charge in [0.05, 0.1) is 0 Å². The van der Waals surface area contributed by atoms with Gasteiger partial charge in [-0.3, -0.25) is 9.59 Å². The van der Waals surface area contributed by atoms with E-state index in [4.69, 9.17) is 11.6 Å². The van der Waals surface area contributed by atoms with Crippen LogP contribution in [0.25, 0.3) is 0 Å². The summed E-state index contributed by atoms with van der Waals surface area (Å²) in [6.45, 7) is 4.87. The minimum absolute atomic E-state index is 0.0238. The zero-order valence-electron chi connectivity index (χ0n) is 13.4. The van der Waals surface area contributed by atoms with E-state index in [-0.39, 0.29) is 17.5 Å². The van der Waals surface area contributed by atoms with Crippen LogP contribution in [0.1, 0.15) is 25.8 Å². The zero-order valence-corrected chi connectivity index (χ0v) is 14.2. The van der Waals surface area contributed by atoms with Crippen molar-refractivity contribution < 1.29 is 4.79 Å². The average molecular weight is 333 g/mol. The second-order valence-corrected chi connectivity index (χ2v) is 6.16. The van der Waals surface area contributed by atoms with Gasteiger partial charge in [-0.05, 0) is 37.6 Å². The number of carbonyl (C=O) groups excluding carboxylic acids is 1. The predicted molar refractivity (Wildman–Crippen MR) is 92.5 cm³/mol. The fourth-order valence-electron chi connectivity index (χ4n) is 2.40. The Morgan fingerprint density at radius 3 is 2.65 bits per heavy atom. The molecule has 0 unspecified atom stereocenters. The third-order valence-electron chi connectivity index (χ3n) is 3.65. The minimum atomic E-state index is -0.0914. The first-order valence-electron chi connectivity index (χ1n) is 7.67. The normalized spacial score (nSPS) is 10.8. The molecule has 0 fully saturated rings. The highest BCUT2D eigenvalue weighted by Crippen LogP contribution is 2.15. The standard InChI is InChI=1S/C18H21ClN2O2/c1-14(2)21(13-15-6-5-7-16(19)12-15)18(23)9-11-20-10-4-3-8-17(20)22/h3-8,10,12,14H,9,11,13H2,1-2H3. The summed E-state index contributed by atoms with van der Waals surface area (Å²) in [5, 5.41) is 0.662. The van der Waals surface area contributed by atoms with Crippen molar-refractivity contribution in [2.45, 2.75) is 39.4 Å². The molecule has 2 aromatic rings. The van der Waals surface area contributed by atoms with Crippen molar-refractivity contribution in [2.24, 2.45) is 0 Å². The summed E-state index contributed by atoms with van der Waals surface area (Å²) in [5.41, 5.74) is 0.905. The van der Waals surface area contributed by atoms with Crippen LogP contribution in [0.2, 0.25) is 5.02 Å². The van der Waals surface area contributed by atoms with Crippen molar-refractivity contribution in [3.05, 3.63) is 69.6 Å². The topological polar surface area (TPSA) is 42.3 Å². The van der Waals surface area contributed by atoms with Crippen LogP contribution >= 0.6 is 11.6 Å². The van der Waals surface area contributed by atoms with E-state index in [1.54, 1.807) is 27.8 Å². The number of benzene rings is 1. The number of amides is 1. The van der Waals surface area contributed by atoms with Gasteiger partial charge in [0, 0.05) is 42.8 Å². The highest BCUT2D eigenvalue weighted by molar-refractivity contribution is 6.30. The number of pyridine rings is 1. The number of carbonyl (C=O) groups is 1. The Balaban J connectivity index is 2.04. The average Bonchev–Trinajstić information content (AvgIpc) is 2.51. The Morgan fingerprint density at radius 2 is 2.00 bits per heavy atom. The van der Waals surface area contributed by atoms with Gasteiger partial charge in [-0.15, -0.1) is 0 Å². The lowest BCUT2D eigenvalue weighted by atomic mass is 10.1. The molecule has 0 aliphatic carbocycles. The molecule has 0 atom stereocenters. The van der Waals surface area contributed by atoms with Crippen molar-refractivity contribution in [3.63, 3.8) is 0 Å². The lowest BCUT2D eigenvalue weighted by Gasteiger charge is -2.27. The Bertz CT molecular complexity index is 725. The van der Waals surface area contributed by atoms with Crippen LogP contribution in [0, 0.1) is 0 Å². The summed E-state index contributed by atoms with van der Waals surface area (Å²) in [7, 11) is 0. The molecule has 23 heavy (non-hydrogen) atoms. The molecule has 2 rings (SSSR count). The van der Waals surface area contributed by atoms with Crippen LogP contribution in [0.5, 0.6) is 0 Å². The largest absolute Gasteiger partial charge is 0.336 e. The van der Waals surface area contributed by atoms with Crippen molar-refractivity contribution in [3.8, 4) is 0 Å². The van der Waals surface area contributed by atoms with Crippen molar-refractivity contribution in [1.82, 2.24) is 9.47 Å². The van der Waals surface area contributed by atoms with Crippen molar-refractivity contribution >= 4 is 17.5 Å². The third kappa shape index (κ3) is 4.96. The van der Waals surface area contributed by atoms with Gasteiger partial charge in [-0.2, -0.15) is 0 Å². The molecule has 0 aliphatic heterocycles. The lowest BCUT2D eigenvalue weighted by Crippen LogP contribution is -2.37. The Labute approximate surface area is 141 Å². The van der Waals surface area contributed by atoms with Crippen LogP contribution in [-0.4, -0.2) is 21.4 Å². The molecule has 0 aliphatic rings. The summed E-state index contributed by atoms with van der Waals surface area (Å²) in [4.78, 5) is 26.0. The molecule has 1 aromatic heterocycles. The molecule has 0 spiro atoms. The van der Waals surface area contributed by atoms with Crippen LogP contribution in [0.4, 0.5) is 0 Å². The van der Waals surface area contributed by atoms with E-state index in [9.17, 15) is 9.59 Å². The molecule has 0 saturated carbocycles. The van der Waals surface area contributed by atoms with Gasteiger partial charge in [0.2, 0.25) is 5.91 Å². The van der Waals surface area contributed by atoms with Crippen LogP contribution in [-0.2, 0) is 17.9 Å². The van der Waals surface area contributed by atoms with E-state index >= 15 is 0 Å². The minimum Gasteiger partial charge on any atom is -0.336 e. The molecule has 0 N–H and O–H groups in total. The fraction of sp³-hybridized carbons (Fsp3) is 0.333. The van der Waals surface area contributed by atoms with Crippen LogP contribution < -0.4 is 5.56 Å². The quantitative estimate of drug-likeness (QED) is 0.814. The number of hydrogen-bond donors (Lipinski definition) is 0. The van der Waals surface area contributed by atoms with E-state index in [1.165, 1.54) is 6.07 Å². The van der Waals surface area contributed by atoms with E-state index in [1.807, 2.05) is 38.1 Å². The summed E-state index contributed by atoms with van der Waals surface area (Å²) in [5.74, 6) is 0.0238. The second-order valence-electron chi connectivity index (χ2n) is 5.73. The molecular weight excluding hydrogens is 312 g/mol. The number of hydrogen-bond acceptors (Lipinski definition) is 2. The number of nitrogens with zero attached hydrogens (tertiary/aromatic N) is 2. The maximum absolute atomic E-state index is 12.5. The number of rotatable bonds is 6. The van der Waals surface area contributed by atoms with E-state index in [0.29, 0.717) is 24.5 Å². The van der Waals surface area contributed by atoms with Gasteiger partial charge in [-0.1, -0.05) is 29.8 Å². The molecule has 0 bridgehead atoms. The van der Waals surface area contributed by atoms with E-state index in [2.05, 4.69) is 0 Å². The highest BCUT2D eigenvalue weighted by atomic mass is 35.5. The van der Waals surface area contributed by atoms with Gasteiger partial charge in [-0.25, -0.2) is 0 Å². The summed E-state index contributed by atoms with van der Waals surface area (Å²) in [6.07, 6.45) is 2.00. The molecule has 122 valence electrons. The summed E-state index contributed by atoms with van der Waals surface area (Å²) in [6, 6.07) is 12.6. The molecular formula is C18H21ClN2O2. The smallest absolute Gasteiger partial charge is 0.250 e. The molecule has 1 heterocycles. The summed E-state index contributed by atoms with van der Waals surface area (Å²) >= 11 is 6.00. The molecule has 4 nitrogen and oxygen atoms in total. The SMILES string of the molecule is CC(C)N(Cc1cccc(Cl)c1)C(=O)CCn1ccccc1=O. The van der Waals surface area contributed by atoms with Gasteiger partial charge in [0.1, 0.15) is 0 Å². The number of aromatic nitrogens is 1.